The van der Waals surface area contributed by atoms with E-state index < -0.39 is 0 Å². The van der Waals surface area contributed by atoms with Crippen LogP contribution in [-0.2, 0) is 5.75 Å². The number of hydrogen-bond donors (Lipinski definition) is 0. The molecule has 0 fully saturated rings. The Labute approximate surface area is 173 Å². The fourth-order valence-electron chi connectivity index (χ4n) is 2.75. The van der Waals surface area contributed by atoms with Gasteiger partial charge in [0.05, 0.1) is 5.69 Å². The smallest absolute Gasteiger partial charge is 0.226 e. The van der Waals surface area contributed by atoms with Gasteiger partial charge in [-0.2, -0.15) is 0 Å². The monoisotopic (exact) mass is 407 g/mol. The number of aryl methyl sites for hydroxylation is 2. The van der Waals surface area contributed by atoms with E-state index in [0.29, 0.717) is 22.5 Å². The van der Waals surface area contributed by atoms with Gasteiger partial charge in [-0.1, -0.05) is 41.6 Å². The van der Waals surface area contributed by atoms with Crippen LogP contribution in [0.1, 0.15) is 17.1 Å². The van der Waals surface area contributed by atoms with Gasteiger partial charge in [0.2, 0.25) is 5.89 Å². The SMILES string of the molecule is Cc1cc(SCc2nc(-c3ccccc3)oc2C)nc(-c2ccc(Cl)cc2)n1. The quantitative estimate of drug-likeness (QED) is 0.284. The second kappa shape index (κ2) is 8.17. The van der Waals surface area contributed by atoms with E-state index in [1.54, 1.807) is 11.8 Å². The van der Waals surface area contributed by atoms with Crippen LogP contribution in [0.5, 0.6) is 0 Å². The molecule has 0 unspecified atom stereocenters. The number of oxazole rings is 1. The molecule has 2 heterocycles. The lowest BCUT2D eigenvalue weighted by atomic mass is 10.2. The van der Waals surface area contributed by atoms with E-state index in [2.05, 4.69) is 9.97 Å². The molecule has 0 aliphatic heterocycles. The third kappa shape index (κ3) is 4.26. The Hall–Kier alpha value is -2.63. The molecule has 4 aromatic rings. The van der Waals surface area contributed by atoms with Gasteiger partial charge in [-0.25, -0.2) is 15.0 Å². The Morgan fingerprint density at radius 2 is 1.64 bits per heavy atom. The van der Waals surface area contributed by atoms with E-state index in [1.807, 2.05) is 74.5 Å². The van der Waals surface area contributed by atoms with Crippen LogP contribution < -0.4 is 0 Å². The predicted octanol–water partition coefficient (Wildman–Crippen LogP) is 6.36. The van der Waals surface area contributed by atoms with Gasteiger partial charge in [-0.05, 0) is 56.3 Å². The molecule has 6 heteroatoms. The van der Waals surface area contributed by atoms with Crippen molar-refractivity contribution in [1.29, 1.82) is 0 Å². The summed E-state index contributed by atoms with van der Waals surface area (Å²) in [5.41, 5.74) is 3.76. The lowest BCUT2D eigenvalue weighted by molar-refractivity contribution is 0.540. The minimum atomic E-state index is 0.648. The number of hydrogen-bond acceptors (Lipinski definition) is 5. The highest BCUT2D eigenvalue weighted by Crippen LogP contribution is 2.28. The standard InChI is InChI=1S/C22H18ClN3OS/c1-14-12-20(26-21(24-14)16-8-10-18(23)11-9-16)28-13-19-15(2)27-22(25-19)17-6-4-3-5-7-17/h3-12H,13H2,1-2H3. The van der Waals surface area contributed by atoms with Crippen LogP contribution in [0.4, 0.5) is 0 Å². The Morgan fingerprint density at radius 1 is 0.893 bits per heavy atom. The molecular formula is C22H18ClN3OS. The topological polar surface area (TPSA) is 51.8 Å². The molecule has 0 atom stereocenters. The van der Waals surface area contributed by atoms with Crippen LogP contribution in [-0.4, -0.2) is 15.0 Å². The third-order valence-corrected chi connectivity index (χ3v) is 5.38. The van der Waals surface area contributed by atoms with Crippen LogP contribution in [0.15, 0.2) is 70.1 Å². The summed E-state index contributed by atoms with van der Waals surface area (Å²) in [7, 11) is 0. The molecule has 0 aliphatic carbocycles. The van der Waals surface area contributed by atoms with Crippen LogP contribution in [0, 0.1) is 13.8 Å². The van der Waals surface area contributed by atoms with Crippen molar-refractivity contribution in [2.75, 3.05) is 0 Å². The van der Waals surface area contributed by atoms with Gasteiger partial charge in [0.1, 0.15) is 10.8 Å². The van der Waals surface area contributed by atoms with Crippen molar-refractivity contribution >= 4 is 23.4 Å². The summed E-state index contributed by atoms with van der Waals surface area (Å²) in [5.74, 6) is 2.85. The molecule has 0 saturated heterocycles. The number of nitrogens with zero attached hydrogens (tertiary/aromatic N) is 3. The van der Waals surface area contributed by atoms with Gasteiger partial charge >= 0.3 is 0 Å². The van der Waals surface area contributed by atoms with Gasteiger partial charge in [-0.3, -0.25) is 0 Å². The highest BCUT2D eigenvalue weighted by molar-refractivity contribution is 7.98. The van der Waals surface area contributed by atoms with E-state index in [-0.39, 0.29) is 0 Å². The highest BCUT2D eigenvalue weighted by atomic mass is 35.5. The number of thioether (sulfide) groups is 1. The van der Waals surface area contributed by atoms with E-state index in [1.165, 1.54) is 0 Å². The molecule has 0 bridgehead atoms. The van der Waals surface area contributed by atoms with Crippen molar-refractivity contribution in [2.45, 2.75) is 24.6 Å². The van der Waals surface area contributed by atoms with Crippen molar-refractivity contribution in [3.63, 3.8) is 0 Å². The molecule has 4 nitrogen and oxygen atoms in total. The molecule has 0 radical (unpaired) electrons. The molecule has 0 amide bonds. The van der Waals surface area contributed by atoms with Gasteiger partial charge in [0.25, 0.3) is 0 Å². The maximum Gasteiger partial charge on any atom is 0.226 e. The van der Waals surface area contributed by atoms with E-state index in [4.69, 9.17) is 21.0 Å². The van der Waals surface area contributed by atoms with Crippen molar-refractivity contribution in [2.24, 2.45) is 0 Å². The predicted molar refractivity (Wildman–Crippen MR) is 113 cm³/mol. The lowest BCUT2D eigenvalue weighted by Crippen LogP contribution is -1.95. The Morgan fingerprint density at radius 3 is 2.39 bits per heavy atom. The molecular weight excluding hydrogens is 390 g/mol. The zero-order chi connectivity index (χ0) is 19.5. The summed E-state index contributed by atoms with van der Waals surface area (Å²) in [4.78, 5) is 13.9. The first kappa shape index (κ1) is 18.7. The van der Waals surface area contributed by atoms with Crippen LogP contribution in [0.25, 0.3) is 22.8 Å². The van der Waals surface area contributed by atoms with Gasteiger partial charge in [-0.15, -0.1) is 0 Å². The summed E-state index contributed by atoms with van der Waals surface area (Å²) in [6.45, 7) is 3.92. The molecule has 0 saturated carbocycles. The summed E-state index contributed by atoms with van der Waals surface area (Å²) >= 11 is 7.60. The largest absolute Gasteiger partial charge is 0.441 e. The maximum absolute atomic E-state index is 5.98. The van der Waals surface area contributed by atoms with E-state index in [0.717, 1.165) is 33.3 Å². The van der Waals surface area contributed by atoms with Crippen molar-refractivity contribution in [3.05, 3.63) is 82.8 Å². The maximum atomic E-state index is 5.98. The van der Waals surface area contributed by atoms with E-state index >= 15 is 0 Å². The Balaban J connectivity index is 1.54. The van der Waals surface area contributed by atoms with E-state index in [9.17, 15) is 0 Å². The van der Waals surface area contributed by atoms with Crippen molar-refractivity contribution in [1.82, 2.24) is 15.0 Å². The number of aromatic nitrogens is 3. The zero-order valence-electron chi connectivity index (χ0n) is 15.5. The molecule has 28 heavy (non-hydrogen) atoms. The minimum Gasteiger partial charge on any atom is -0.441 e. The molecule has 2 aromatic carbocycles. The molecule has 0 aliphatic rings. The molecule has 0 N–H and O–H groups in total. The Bertz CT molecular complexity index is 1090. The number of halogens is 1. The number of benzene rings is 2. The summed E-state index contributed by atoms with van der Waals surface area (Å²) in [6.07, 6.45) is 0. The van der Waals surface area contributed by atoms with Gasteiger partial charge < -0.3 is 4.42 Å². The fraction of sp³-hybridized carbons (Fsp3) is 0.136. The second-order valence-electron chi connectivity index (χ2n) is 6.35. The first-order valence-corrected chi connectivity index (χ1v) is 10.2. The average molecular weight is 408 g/mol. The first-order valence-electron chi connectivity index (χ1n) is 8.84. The second-order valence-corrected chi connectivity index (χ2v) is 7.79. The van der Waals surface area contributed by atoms with Crippen molar-refractivity contribution in [3.8, 4) is 22.8 Å². The Kier molecular flexibility index (Phi) is 5.46. The summed E-state index contributed by atoms with van der Waals surface area (Å²) < 4.78 is 5.85. The zero-order valence-corrected chi connectivity index (χ0v) is 17.1. The normalized spacial score (nSPS) is 11.0. The van der Waals surface area contributed by atoms with Gasteiger partial charge in [0.15, 0.2) is 5.82 Å². The first-order chi connectivity index (χ1) is 13.6. The third-order valence-electron chi connectivity index (χ3n) is 4.20. The van der Waals surface area contributed by atoms with Crippen LogP contribution >= 0.6 is 23.4 Å². The summed E-state index contributed by atoms with van der Waals surface area (Å²) in [5, 5.41) is 1.60. The molecule has 140 valence electrons. The molecule has 2 aromatic heterocycles. The number of rotatable bonds is 5. The van der Waals surface area contributed by atoms with Crippen LogP contribution in [0.3, 0.4) is 0 Å². The highest BCUT2D eigenvalue weighted by Gasteiger charge is 2.13. The average Bonchev–Trinajstić information content (AvgIpc) is 3.08. The lowest BCUT2D eigenvalue weighted by Gasteiger charge is -2.06. The van der Waals surface area contributed by atoms with Crippen molar-refractivity contribution < 1.29 is 4.42 Å². The minimum absolute atomic E-state index is 0.648. The molecule has 0 spiro atoms. The van der Waals surface area contributed by atoms with Gasteiger partial charge in [0, 0.05) is 27.6 Å². The van der Waals surface area contributed by atoms with Crippen LogP contribution in [0.2, 0.25) is 5.02 Å². The molecule has 4 rings (SSSR count). The summed E-state index contributed by atoms with van der Waals surface area (Å²) in [6, 6.07) is 19.5. The fourth-order valence-corrected chi connectivity index (χ4v) is 3.83.